The van der Waals surface area contributed by atoms with Gasteiger partial charge in [0.15, 0.2) is 0 Å². The van der Waals surface area contributed by atoms with Gasteiger partial charge in [-0.15, -0.1) is 0 Å². The molecule has 0 aliphatic carbocycles. The normalized spacial score (nSPS) is 16.5. The van der Waals surface area contributed by atoms with Crippen molar-refractivity contribution in [2.24, 2.45) is 11.8 Å². The van der Waals surface area contributed by atoms with Crippen LogP contribution in [0.3, 0.4) is 0 Å². The molecule has 0 aliphatic heterocycles. The molecule has 1 heteroatoms. The van der Waals surface area contributed by atoms with Gasteiger partial charge in [0.1, 0.15) is 6.71 Å². The Morgan fingerprint density at radius 2 is 0.857 bits per heavy atom. The lowest BCUT2D eigenvalue weighted by Crippen LogP contribution is -2.32. The van der Waals surface area contributed by atoms with E-state index in [0.29, 0.717) is 0 Å². The Hall–Kier alpha value is 0.0649. The minimum atomic E-state index is 0.809. The molecule has 0 saturated heterocycles. The second-order valence-corrected chi connectivity index (χ2v) is 6.03. The summed E-state index contributed by atoms with van der Waals surface area (Å²) in [6.45, 7) is 19.9. The average molecular weight is 196 g/mol. The maximum Gasteiger partial charge on any atom is 0.149 e. The van der Waals surface area contributed by atoms with E-state index in [9.17, 15) is 0 Å². The van der Waals surface area contributed by atoms with Crippen LogP contribution < -0.4 is 0 Å². The Labute approximate surface area is 91.9 Å². The molecule has 0 aromatic carbocycles. The molecule has 2 atom stereocenters. The first-order chi connectivity index (χ1) is 6.29. The minimum absolute atomic E-state index is 0.809. The predicted molar refractivity (Wildman–Crippen MR) is 69.4 cm³/mol. The summed E-state index contributed by atoms with van der Waals surface area (Å²) in [4.78, 5) is 0. The Kier molecular flexibility index (Phi) is 5.85. The zero-order valence-corrected chi connectivity index (χ0v) is 11.5. The van der Waals surface area contributed by atoms with Crippen LogP contribution in [0.25, 0.3) is 0 Å². The van der Waals surface area contributed by atoms with E-state index >= 15 is 0 Å². The minimum Gasteiger partial charge on any atom is -0.0693 e. The fourth-order valence-corrected chi connectivity index (χ4v) is 2.58. The third kappa shape index (κ3) is 3.67. The molecule has 0 rings (SSSR count). The van der Waals surface area contributed by atoms with Crippen molar-refractivity contribution in [3.05, 3.63) is 0 Å². The lowest BCUT2D eigenvalue weighted by molar-refractivity contribution is 0.552. The van der Waals surface area contributed by atoms with E-state index in [4.69, 9.17) is 0 Å². The van der Waals surface area contributed by atoms with Gasteiger partial charge < -0.3 is 0 Å². The molecular formula is C13H29B. The summed E-state index contributed by atoms with van der Waals surface area (Å²) in [7, 11) is 0. The first-order valence-corrected chi connectivity index (χ1v) is 6.29. The second kappa shape index (κ2) is 5.83. The zero-order chi connectivity index (χ0) is 11.5. The highest BCUT2D eigenvalue weighted by Gasteiger charge is 2.33. The Balaban J connectivity index is 4.59. The Morgan fingerprint density at radius 3 is 1.00 bits per heavy atom. The van der Waals surface area contributed by atoms with Crippen LogP contribution in [0.5, 0.6) is 0 Å². The van der Waals surface area contributed by atoms with Crippen LogP contribution in [-0.2, 0) is 0 Å². The van der Waals surface area contributed by atoms with Crippen LogP contribution in [0.15, 0.2) is 0 Å². The number of hydrogen-bond acceptors (Lipinski definition) is 0. The fraction of sp³-hybridized carbons (Fsp3) is 1.00. The molecule has 0 N–H and O–H groups in total. The summed E-state index contributed by atoms with van der Waals surface area (Å²) in [5.41, 5.74) is 0. The summed E-state index contributed by atoms with van der Waals surface area (Å²) >= 11 is 0. The van der Waals surface area contributed by atoms with E-state index in [1.165, 1.54) is 0 Å². The van der Waals surface area contributed by atoms with Gasteiger partial charge in [0, 0.05) is 0 Å². The average Bonchev–Trinajstić information content (AvgIpc) is 2.03. The van der Waals surface area contributed by atoms with Crippen molar-refractivity contribution in [2.75, 3.05) is 0 Å². The van der Waals surface area contributed by atoms with Crippen LogP contribution in [0, 0.1) is 11.8 Å². The molecule has 0 aliphatic rings. The smallest absolute Gasteiger partial charge is 0.0693 e. The van der Waals surface area contributed by atoms with Crippen LogP contribution in [0.2, 0.25) is 17.5 Å². The fourth-order valence-electron chi connectivity index (χ4n) is 2.58. The quantitative estimate of drug-likeness (QED) is 0.544. The van der Waals surface area contributed by atoms with Gasteiger partial charge in [-0.05, 0) is 0 Å². The van der Waals surface area contributed by atoms with E-state index in [0.717, 1.165) is 36.0 Å². The van der Waals surface area contributed by atoms with Crippen LogP contribution in [0.1, 0.15) is 55.4 Å². The van der Waals surface area contributed by atoms with Crippen molar-refractivity contribution < 1.29 is 0 Å². The maximum atomic E-state index is 2.42. The molecule has 0 aromatic rings. The molecule has 0 nitrogen and oxygen atoms in total. The lowest BCUT2D eigenvalue weighted by Gasteiger charge is -2.34. The van der Waals surface area contributed by atoms with Gasteiger partial charge in [0.2, 0.25) is 0 Å². The largest absolute Gasteiger partial charge is 0.149 e. The molecular weight excluding hydrogens is 167 g/mol. The molecule has 2 unspecified atom stereocenters. The van der Waals surface area contributed by atoms with Crippen molar-refractivity contribution in [3.8, 4) is 0 Å². The summed E-state index contributed by atoms with van der Waals surface area (Å²) in [5, 5.41) is 0. The lowest BCUT2D eigenvalue weighted by atomic mass is 9.26. The SMILES string of the molecule is CC(C)B(C(C)C(C)C)C(C)C(C)C. The van der Waals surface area contributed by atoms with Crippen LogP contribution in [0.4, 0.5) is 0 Å². The van der Waals surface area contributed by atoms with Crippen LogP contribution >= 0.6 is 0 Å². The van der Waals surface area contributed by atoms with Gasteiger partial charge in [-0.2, -0.15) is 0 Å². The number of rotatable bonds is 5. The first kappa shape index (κ1) is 14.1. The monoisotopic (exact) mass is 196 g/mol. The Morgan fingerprint density at radius 1 is 0.571 bits per heavy atom. The molecule has 0 aromatic heterocycles. The van der Waals surface area contributed by atoms with E-state index in [2.05, 4.69) is 55.4 Å². The van der Waals surface area contributed by atoms with Crippen molar-refractivity contribution in [3.63, 3.8) is 0 Å². The summed E-state index contributed by atoms with van der Waals surface area (Å²) in [6, 6.07) is 0. The summed E-state index contributed by atoms with van der Waals surface area (Å²) < 4.78 is 0. The highest BCUT2D eigenvalue weighted by molar-refractivity contribution is 6.63. The summed E-state index contributed by atoms with van der Waals surface area (Å²) in [5.74, 6) is 4.11. The van der Waals surface area contributed by atoms with Gasteiger partial charge in [0.25, 0.3) is 0 Å². The van der Waals surface area contributed by atoms with Crippen molar-refractivity contribution >= 4 is 6.71 Å². The molecule has 0 fully saturated rings. The van der Waals surface area contributed by atoms with Gasteiger partial charge >= 0.3 is 0 Å². The van der Waals surface area contributed by atoms with E-state index in [1.807, 2.05) is 0 Å². The predicted octanol–water partition coefficient (Wildman–Crippen LogP) is 4.98. The second-order valence-electron chi connectivity index (χ2n) is 6.03. The van der Waals surface area contributed by atoms with Crippen LogP contribution in [-0.4, -0.2) is 6.71 Å². The highest BCUT2D eigenvalue weighted by Crippen LogP contribution is 2.38. The van der Waals surface area contributed by atoms with Crippen molar-refractivity contribution in [1.29, 1.82) is 0 Å². The molecule has 0 radical (unpaired) electrons. The maximum absolute atomic E-state index is 2.42. The van der Waals surface area contributed by atoms with Gasteiger partial charge in [0.05, 0.1) is 0 Å². The molecule has 0 amide bonds. The third-order valence-corrected chi connectivity index (χ3v) is 4.09. The Bertz CT molecular complexity index is 135. The molecule has 0 heterocycles. The molecule has 14 heavy (non-hydrogen) atoms. The first-order valence-electron chi connectivity index (χ1n) is 6.29. The molecule has 0 spiro atoms. The van der Waals surface area contributed by atoms with Gasteiger partial charge in [-0.3, -0.25) is 0 Å². The van der Waals surface area contributed by atoms with Gasteiger partial charge in [-0.25, -0.2) is 0 Å². The third-order valence-electron chi connectivity index (χ3n) is 4.09. The van der Waals surface area contributed by atoms with Crippen molar-refractivity contribution in [1.82, 2.24) is 0 Å². The highest BCUT2D eigenvalue weighted by atomic mass is 14.1. The topological polar surface area (TPSA) is 0 Å². The molecule has 0 bridgehead atoms. The zero-order valence-electron chi connectivity index (χ0n) is 11.5. The van der Waals surface area contributed by atoms with E-state index in [1.54, 1.807) is 0 Å². The molecule has 84 valence electrons. The van der Waals surface area contributed by atoms with Crippen molar-refractivity contribution in [2.45, 2.75) is 72.8 Å². The van der Waals surface area contributed by atoms with E-state index in [-0.39, 0.29) is 0 Å². The summed E-state index contributed by atoms with van der Waals surface area (Å²) in [6.07, 6.45) is 0. The number of hydrogen-bond donors (Lipinski definition) is 0. The van der Waals surface area contributed by atoms with Gasteiger partial charge in [-0.1, -0.05) is 84.7 Å². The van der Waals surface area contributed by atoms with E-state index < -0.39 is 0 Å². The molecule has 0 saturated carbocycles. The standard InChI is InChI=1S/C13H29B/c1-9(2)12(7)14(11(5)6)13(8)10(3)4/h9-13H,1-8H3.